The van der Waals surface area contributed by atoms with Gasteiger partial charge in [-0.3, -0.25) is 0 Å². The normalized spacial score (nSPS) is 17.6. The highest BCUT2D eigenvalue weighted by molar-refractivity contribution is 5.34. The van der Waals surface area contributed by atoms with Gasteiger partial charge in [0.1, 0.15) is 5.75 Å². The lowest BCUT2D eigenvalue weighted by Gasteiger charge is -2.29. The van der Waals surface area contributed by atoms with Crippen LogP contribution in [-0.4, -0.2) is 17.3 Å². The van der Waals surface area contributed by atoms with Gasteiger partial charge in [-0.1, -0.05) is 42.6 Å². The highest BCUT2D eigenvalue weighted by Crippen LogP contribution is 2.33. The predicted octanol–water partition coefficient (Wildman–Crippen LogP) is 2.79. The monoisotopic (exact) mass is 287 g/mol. The second-order valence-electron chi connectivity index (χ2n) is 5.72. The van der Waals surface area contributed by atoms with Gasteiger partial charge < -0.3 is 15.0 Å². The minimum absolute atomic E-state index is 0.416. The fraction of sp³-hybridized carbons (Fsp3) is 0.500. The van der Waals surface area contributed by atoms with E-state index in [0.717, 1.165) is 37.0 Å². The van der Waals surface area contributed by atoms with Gasteiger partial charge in [0.2, 0.25) is 5.89 Å². The molecule has 1 aromatic heterocycles. The van der Waals surface area contributed by atoms with E-state index in [1.807, 2.05) is 24.3 Å². The molecule has 21 heavy (non-hydrogen) atoms. The molecule has 2 N–H and O–H groups in total. The molecule has 1 heterocycles. The Bertz CT molecular complexity index is 603. The SMILES string of the molecule is COc1ccccc1Cc1nc(C2(N)CCCCC2)no1. The van der Waals surface area contributed by atoms with Crippen LogP contribution in [0.3, 0.4) is 0 Å². The minimum Gasteiger partial charge on any atom is -0.496 e. The Labute approximate surface area is 124 Å². The van der Waals surface area contributed by atoms with Crippen molar-refractivity contribution in [3.63, 3.8) is 0 Å². The van der Waals surface area contributed by atoms with Crippen molar-refractivity contribution in [3.8, 4) is 5.75 Å². The number of rotatable bonds is 4. The van der Waals surface area contributed by atoms with Gasteiger partial charge in [0.25, 0.3) is 0 Å². The fourth-order valence-electron chi connectivity index (χ4n) is 2.95. The zero-order valence-electron chi connectivity index (χ0n) is 12.3. The van der Waals surface area contributed by atoms with Crippen LogP contribution in [0, 0.1) is 0 Å². The molecule has 0 saturated heterocycles. The summed E-state index contributed by atoms with van der Waals surface area (Å²) in [7, 11) is 1.66. The van der Waals surface area contributed by atoms with Crippen molar-refractivity contribution in [2.24, 2.45) is 5.73 Å². The maximum absolute atomic E-state index is 6.43. The Morgan fingerprint density at radius 2 is 2.00 bits per heavy atom. The molecule has 112 valence electrons. The average Bonchev–Trinajstić information content (AvgIpc) is 2.98. The van der Waals surface area contributed by atoms with Crippen molar-refractivity contribution < 1.29 is 9.26 Å². The number of ether oxygens (including phenoxy) is 1. The molecule has 0 aliphatic heterocycles. The Morgan fingerprint density at radius 3 is 2.76 bits per heavy atom. The third-order valence-electron chi connectivity index (χ3n) is 4.19. The Kier molecular flexibility index (Phi) is 3.92. The number of benzene rings is 1. The van der Waals surface area contributed by atoms with E-state index in [9.17, 15) is 0 Å². The van der Waals surface area contributed by atoms with E-state index in [-0.39, 0.29) is 0 Å². The van der Waals surface area contributed by atoms with Crippen LogP contribution in [0.2, 0.25) is 0 Å². The molecule has 0 radical (unpaired) electrons. The van der Waals surface area contributed by atoms with E-state index in [1.165, 1.54) is 6.42 Å². The maximum Gasteiger partial charge on any atom is 0.231 e. The molecule has 3 rings (SSSR count). The molecule has 1 aromatic carbocycles. The summed E-state index contributed by atoms with van der Waals surface area (Å²) >= 11 is 0. The summed E-state index contributed by atoms with van der Waals surface area (Å²) < 4.78 is 10.7. The highest BCUT2D eigenvalue weighted by Gasteiger charge is 2.34. The van der Waals surface area contributed by atoms with E-state index in [2.05, 4.69) is 10.1 Å². The van der Waals surface area contributed by atoms with Gasteiger partial charge in [-0.15, -0.1) is 0 Å². The molecule has 1 aliphatic rings. The summed E-state index contributed by atoms with van der Waals surface area (Å²) in [6, 6.07) is 7.85. The minimum atomic E-state index is -0.416. The van der Waals surface area contributed by atoms with Gasteiger partial charge in [-0.05, 0) is 18.9 Å². The van der Waals surface area contributed by atoms with Crippen LogP contribution < -0.4 is 10.5 Å². The predicted molar refractivity (Wildman–Crippen MR) is 79.0 cm³/mol. The molecule has 0 spiro atoms. The van der Waals surface area contributed by atoms with Crippen LogP contribution in [0.15, 0.2) is 28.8 Å². The Morgan fingerprint density at radius 1 is 1.24 bits per heavy atom. The molecule has 0 atom stereocenters. The van der Waals surface area contributed by atoms with Crippen molar-refractivity contribution >= 4 is 0 Å². The number of hydrogen-bond donors (Lipinski definition) is 1. The van der Waals surface area contributed by atoms with Crippen LogP contribution >= 0.6 is 0 Å². The third kappa shape index (κ3) is 2.93. The molecule has 1 saturated carbocycles. The van der Waals surface area contributed by atoms with Crippen molar-refractivity contribution in [2.75, 3.05) is 7.11 Å². The molecule has 2 aromatic rings. The van der Waals surface area contributed by atoms with Crippen LogP contribution in [0.1, 0.15) is 49.4 Å². The number of methoxy groups -OCH3 is 1. The smallest absolute Gasteiger partial charge is 0.231 e. The van der Waals surface area contributed by atoms with Crippen molar-refractivity contribution in [2.45, 2.75) is 44.1 Å². The first-order valence-electron chi connectivity index (χ1n) is 7.45. The average molecular weight is 287 g/mol. The molecule has 1 aliphatic carbocycles. The van der Waals surface area contributed by atoms with Gasteiger partial charge in [0, 0.05) is 5.56 Å². The number of aromatic nitrogens is 2. The standard InChI is InChI=1S/C16H21N3O2/c1-20-13-8-4-3-7-12(13)11-14-18-15(19-21-14)16(17)9-5-2-6-10-16/h3-4,7-8H,2,5-6,9-11,17H2,1H3. The zero-order valence-corrected chi connectivity index (χ0v) is 12.3. The summed E-state index contributed by atoms with van der Waals surface area (Å²) in [5.41, 5.74) is 7.05. The lowest BCUT2D eigenvalue weighted by atomic mass is 9.82. The second kappa shape index (κ2) is 5.85. The molecule has 1 fully saturated rings. The Hall–Kier alpha value is -1.88. The van der Waals surface area contributed by atoms with Crippen LogP contribution in [0.5, 0.6) is 5.75 Å². The van der Waals surface area contributed by atoms with Crippen LogP contribution in [0.25, 0.3) is 0 Å². The molecule has 5 heteroatoms. The van der Waals surface area contributed by atoms with E-state index >= 15 is 0 Å². The van der Waals surface area contributed by atoms with Crippen LogP contribution in [0.4, 0.5) is 0 Å². The molecule has 5 nitrogen and oxygen atoms in total. The quantitative estimate of drug-likeness (QED) is 0.936. The summed E-state index contributed by atoms with van der Waals surface area (Å²) in [6.45, 7) is 0. The molecule has 0 amide bonds. The van der Waals surface area contributed by atoms with Gasteiger partial charge in [0.15, 0.2) is 5.82 Å². The summed E-state index contributed by atoms with van der Waals surface area (Å²) in [6.07, 6.45) is 5.93. The van der Waals surface area contributed by atoms with Crippen LogP contribution in [-0.2, 0) is 12.0 Å². The van der Waals surface area contributed by atoms with E-state index < -0.39 is 5.54 Å². The van der Waals surface area contributed by atoms with E-state index in [0.29, 0.717) is 18.1 Å². The first kappa shape index (κ1) is 14.1. The number of para-hydroxylation sites is 1. The zero-order chi connectivity index (χ0) is 14.7. The first-order chi connectivity index (χ1) is 10.2. The third-order valence-corrected chi connectivity index (χ3v) is 4.19. The van der Waals surface area contributed by atoms with Gasteiger partial charge in [-0.25, -0.2) is 0 Å². The maximum atomic E-state index is 6.43. The highest BCUT2D eigenvalue weighted by atomic mass is 16.5. The molecule has 0 bridgehead atoms. The van der Waals surface area contributed by atoms with Gasteiger partial charge in [0.05, 0.1) is 19.1 Å². The molecular weight excluding hydrogens is 266 g/mol. The van der Waals surface area contributed by atoms with Gasteiger partial charge in [-0.2, -0.15) is 4.98 Å². The molecule has 0 unspecified atom stereocenters. The van der Waals surface area contributed by atoms with E-state index in [1.54, 1.807) is 7.11 Å². The van der Waals surface area contributed by atoms with Crippen molar-refractivity contribution in [1.29, 1.82) is 0 Å². The summed E-state index contributed by atoms with van der Waals surface area (Å²) in [4.78, 5) is 4.52. The Balaban J connectivity index is 1.79. The second-order valence-corrected chi connectivity index (χ2v) is 5.72. The summed E-state index contributed by atoms with van der Waals surface area (Å²) in [5.74, 6) is 2.06. The summed E-state index contributed by atoms with van der Waals surface area (Å²) in [5, 5.41) is 4.11. The van der Waals surface area contributed by atoms with Crippen molar-refractivity contribution in [3.05, 3.63) is 41.5 Å². The molecular formula is C16H21N3O2. The number of hydrogen-bond acceptors (Lipinski definition) is 5. The lowest BCUT2D eigenvalue weighted by molar-refractivity contribution is 0.273. The van der Waals surface area contributed by atoms with E-state index in [4.69, 9.17) is 15.0 Å². The van der Waals surface area contributed by atoms with Gasteiger partial charge >= 0.3 is 0 Å². The number of nitrogens with two attached hydrogens (primary N) is 1. The largest absolute Gasteiger partial charge is 0.496 e. The lowest BCUT2D eigenvalue weighted by Crippen LogP contribution is -2.39. The first-order valence-corrected chi connectivity index (χ1v) is 7.45. The fourth-order valence-corrected chi connectivity index (χ4v) is 2.95. The number of nitrogens with zero attached hydrogens (tertiary/aromatic N) is 2. The van der Waals surface area contributed by atoms with Crippen molar-refractivity contribution in [1.82, 2.24) is 10.1 Å². The topological polar surface area (TPSA) is 74.2 Å².